The lowest BCUT2D eigenvalue weighted by molar-refractivity contribution is -0.0591. The molecule has 1 atom stereocenters. The van der Waals surface area contributed by atoms with E-state index < -0.39 is 23.4 Å². The summed E-state index contributed by atoms with van der Waals surface area (Å²) in [5.41, 5.74) is 3.21. The van der Waals surface area contributed by atoms with Crippen LogP contribution in [-0.2, 0) is 24.4 Å². The Labute approximate surface area is 245 Å². The number of benzene rings is 3. The first-order valence-electron chi connectivity index (χ1n) is 13.8. The molecule has 1 fully saturated rings. The molecule has 2 aliphatic rings. The van der Waals surface area contributed by atoms with Gasteiger partial charge in [-0.3, -0.25) is 4.90 Å². The number of fused-ring (bicyclic) bond motifs is 1. The molecule has 0 saturated carbocycles. The number of carboxylic acids is 1. The summed E-state index contributed by atoms with van der Waals surface area (Å²) < 4.78 is 56.5. The summed E-state index contributed by atoms with van der Waals surface area (Å²) in [4.78, 5) is 18.5. The van der Waals surface area contributed by atoms with Crippen LogP contribution < -0.4 is 4.74 Å². The van der Waals surface area contributed by atoms with Crippen molar-refractivity contribution < 1.29 is 32.5 Å². The van der Waals surface area contributed by atoms with Crippen molar-refractivity contribution >= 4 is 22.6 Å². The first-order chi connectivity index (χ1) is 20.8. The van der Waals surface area contributed by atoms with E-state index in [4.69, 9.17) is 19.7 Å². The predicted octanol–water partition coefficient (Wildman–Crippen LogP) is 5.68. The van der Waals surface area contributed by atoms with Gasteiger partial charge in [-0.2, -0.15) is 9.65 Å². The van der Waals surface area contributed by atoms with Gasteiger partial charge in [-0.05, 0) is 66.4 Å². The normalized spacial score (nSPS) is 16.9. The van der Waals surface area contributed by atoms with Gasteiger partial charge in [-0.15, -0.1) is 0 Å². The summed E-state index contributed by atoms with van der Waals surface area (Å²) >= 11 is 0. The predicted molar refractivity (Wildman–Crippen MR) is 151 cm³/mol. The monoisotopic (exact) mass is 588 g/mol. The zero-order chi connectivity index (χ0) is 30.1. The number of halogens is 3. The molecule has 1 saturated heterocycles. The highest BCUT2D eigenvalue weighted by atomic mass is 19.2. The molecule has 0 aliphatic carbocycles. The van der Waals surface area contributed by atoms with Gasteiger partial charge in [0.2, 0.25) is 5.82 Å². The van der Waals surface area contributed by atoms with Crippen molar-refractivity contribution in [2.75, 3.05) is 19.7 Å². The van der Waals surface area contributed by atoms with Crippen LogP contribution in [0.15, 0.2) is 54.6 Å². The van der Waals surface area contributed by atoms with Crippen LogP contribution in [0.2, 0.25) is 0 Å². The Morgan fingerprint density at radius 2 is 1.98 bits per heavy atom. The molecule has 3 heterocycles. The zero-order valence-electron chi connectivity index (χ0n) is 23.0. The van der Waals surface area contributed by atoms with Gasteiger partial charge in [0, 0.05) is 25.3 Å². The molecule has 8 nitrogen and oxygen atoms in total. The largest absolute Gasteiger partial charge is 0.486 e. The number of nitriles is 1. The standard InChI is InChI=1S/C32H27F3N4O4/c33-25-11-19(15-36)1-2-22(25)18-43-29-14-23(12-26(34)31(29)35)20-5-8-38(9-6-20)17-30-37-27-4-3-21(32(40)41)13-28(27)39(30)16-24-7-10-42-24/h1-5,11-14,24H,6-10,16-18H2,(H,40,41)/t24-/m0/s1. The molecule has 2 aliphatic heterocycles. The highest BCUT2D eigenvalue weighted by molar-refractivity contribution is 5.92. The van der Waals surface area contributed by atoms with Crippen molar-refractivity contribution in [2.45, 2.75) is 38.6 Å². The van der Waals surface area contributed by atoms with Gasteiger partial charge in [-0.25, -0.2) is 18.6 Å². The van der Waals surface area contributed by atoms with Crippen LogP contribution in [0, 0.1) is 28.8 Å². The van der Waals surface area contributed by atoms with E-state index in [1.165, 1.54) is 18.2 Å². The number of rotatable bonds is 9. The van der Waals surface area contributed by atoms with Gasteiger partial charge in [0.05, 0.1) is 47.4 Å². The summed E-state index contributed by atoms with van der Waals surface area (Å²) in [5, 5.41) is 18.4. The van der Waals surface area contributed by atoms with Crippen molar-refractivity contribution in [3.63, 3.8) is 0 Å². The summed E-state index contributed by atoms with van der Waals surface area (Å²) in [6.07, 6.45) is 3.49. The summed E-state index contributed by atoms with van der Waals surface area (Å²) in [6, 6.07) is 13.2. The van der Waals surface area contributed by atoms with Gasteiger partial charge in [0.1, 0.15) is 18.2 Å². The fourth-order valence-corrected chi connectivity index (χ4v) is 5.32. The zero-order valence-corrected chi connectivity index (χ0v) is 23.0. The Bertz CT molecular complexity index is 1790. The third-order valence-corrected chi connectivity index (χ3v) is 7.84. The lowest BCUT2D eigenvalue weighted by atomic mass is 9.99. The van der Waals surface area contributed by atoms with Gasteiger partial charge in [0.25, 0.3) is 0 Å². The molecule has 43 heavy (non-hydrogen) atoms. The third kappa shape index (κ3) is 5.98. The van der Waals surface area contributed by atoms with Crippen LogP contribution >= 0.6 is 0 Å². The summed E-state index contributed by atoms with van der Waals surface area (Å²) in [6.45, 7) is 2.62. The maximum atomic E-state index is 14.6. The first-order valence-corrected chi connectivity index (χ1v) is 13.8. The maximum Gasteiger partial charge on any atom is 0.335 e. The lowest BCUT2D eigenvalue weighted by Gasteiger charge is -2.29. The Kier molecular flexibility index (Phi) is 7.88. The van der Waals surface area contributed by atoms with Crippen LogP contribution in [-0.4, -0.2) is 51.3 Å². The number of nitrogens with zero attached hydrogens (tertiary/aromatic N) is 4. The number of aromatic carboxylic acids is 1. The van der Waals surface area contributed by atoms with E-state index in [1.807, 2.05) is 16.7 Å². The summed E-state index contributed by atoms with van der Waals surface area (Å²) in [5.74, 6) is -3.42. The number of aromatic nitrogens is 2. The molecule has 3 aromatic carbocycles. The van der Waals surface area contributed by atoms with E-state index in [1.54, 1.807) is 18.2 Å². The van der Waals surface area contributed by atoms with E-state index in [2.05, 4.69) is 4.90 Å². The highest BCUT2D eigenvalue weighted by Gasteiger charge is 2.24. The third-order valence-electron chi connectivity index (χ3n) is 7.84. The molecule has 1 aromatic heterocycles. The number of imidazole rings is 1. The van der Waals surface area contributed by atoms with Gasteiger partial charge in [0.15, 0.2) is 11.6 Å². The minimum absolute atomic E-state index is 0.0516. The van der Waals surface area contributed by atoms with Crippen molar-refractivity contribution in [1.82, 2.24) is 14.5 Å². The first kappa shape index (κ1) is 28.5. The Hall–Kier alpha value is -4.66. The minimum atomic E-state index is -1.16. The van der Waals surface area contributed by atoms with Crippen LogP contribution in [0.25, 0.3) is 16.6 Å². The van der Waals surface area contributed by atoms with E-state index >= 15 is 0 Å². The second kappa shape index (κ2) is 11.9. The van der Waals surface area contributed by atoms with Crippen molar-refractivity contribution in [3.8, 4) is 11.8 Å². The highest BCUT2D eigenvalue weighted by Crippen LogP contribution is 2.31. The van der Waals surface area contributed by atoms with Crippen LogP contribution in [0.1, 0.15) is 45.7 Å². The molecule has 1 N–H and O–H groups in total. The van der Waals surface area contributed by atoms with Crippen LogP contribution in [0.3, 0.4) is 0 Å². The number of hydrogen-bond donors (Lipinski definition) is 1. The number of carbonyl (C=O) groups is 1. The molecular weight excluding hydrogens is 561 g/mol. The van der Waals surface area contributed by atoms with E-state index in [0.29, 0.717) is 50.3 Å². The number of hydrogen-bond acceptors (Lipinski definition) is 6. The van der Waals surface area contributed by atoms with Gasteiger partial charge < -0.3 is 19.1 Å². The molecule has 0 unspecified atom stereocenters. The molecule has 0 spiro atoms. The number of ether oxygens (including phenoxy) is 2. The van der Waals surface area contributed by atoms with Crippen molar-refractivity contribution in [2.24, 2.45) is 0 Å². The van der Waals surface area contributed by atoms with Crippen LogP contribution in [0.5, 0.6) is 5.75 Å². The smallest absolute Gasteiger partial charge is 0.335 e. The van der Waals surface area contributed by atoms with Crippen molar-refractivity contribution in [1.29, 1.82) is 5.26 Å². The number of carboxylic acid groups (broad SMARTS) is 1. The van der Waals surface area contributed by atoms with E-state index in [-0.39, 0.29) is 35.2 Å². The molecule has 4 aromatic rings. The Morgan fingerprint density at radius 1 is 1.14 bits per heavy atom. The van der Waals surface area contributed by atoms with Gasteiger partial charge >= 0.3 is 5.97 Å². The Balaban J connectivity index is 1.18. The van der Waals surface area contributed by atoms with E-state index in [0.717, 1.165) is 35.5 Å². The maximum absolute atomic E-state index is 14.6. The SMILES string of the molecule is N#Cc1ccc(COc2cc(C3=CCN(Cc4nc5ccc(C(=O)O)cc5n4C[C@@H]4CCO4)CC3)cc(F)c2F)c(F)c1. The van der Waals surface area contributed by atoms with Crippen LogP contribution in [0.4, 0.5) is 13.2 Å². The molecule has 0 radical (unpaired) electrons. The molecular formula is C32H27F3N4O4. The second-order valence-corrected chi connectivity index (χ2v) is 10.6. The average Bonchev–Trinajstić information content (AvgIpc) is 3.32. The van der Waals surface area contributed by atoms with Gasteiger partial charge in [-0.1, -0.05) is 12.1 Å². The quantitative estimate of drug-likeness (QED) is 0.269. The van der Waals surface area contributed by atoms with E-state index in [9.17, 15) is 23.1 Å². The average molecular weight is 589 g/mol. The fourth-order valence-electron chi connectivity index (χ4n) is 5.32. The minimum Gasteiger partial charge on any atom is -0.486 e. The molecule has 220 valence electrons. The summed E-state index contributed by atoms with van der Waals surface area (Å²) in [7, 11) is 0. The Morgan fingerprint density at radius 3 is 2.65 bits per heavy atom. The topological polar surface area (TPSA) is 101 Å². The molecule has 6 rings (SSSR count). The van der Waals surface area contributed by atoms with Crippen molar-refractivity contribution in [3.05, 3.63) is 100 Å². The molecule has 0 amide bonds. The second-order valence-electron chi connectivity index (χ2n) is 10.6. The molecule has 11 heteroatoms. The molecule has 0 bridgehead atoms. The fraction of sp³-hybridized carbons (Fsp3) is 0.281. The lowest BCUT2D eigenvalue weighted by Crippen LogP contribution is -2.33.